The van der Waals surface area contributed by atoms with Gasteiger partial charge in [0.15, 0.2) is 0 Å². The molecule has 23 heavy (non-hydrogen) atoms. The van der Waals surface area contributed by atoms with E-state index in [1.54, 1.807) is 24.3 Å². The molecule has 0 spiro atoms. The van der Waals surface area contributed by atoms with Crippen molar-refractivity contribution in [1.82, 2.24) is 0 Å². The molecule has 0 aromatic heterocycles. The summed E-state index contributed by atoms with van der Waals surface area (Å²) in [6, 6.07) is 10.7. The van der Waals surface area contributed by atoms with Gasteiger partial charge in [0.2, 0.25) is 0 Å². The van der Waals surface area contributed by atoms with Gasteiger partial charge in [-0.05, 0) is 55.7 Å². The molecule has 0 saturated heterocycles. The van der Waals surface area contributed by atoms with E-state index in [2.05, 4.69) is 0 Å². The minimum absolute atomic E-state index is 0.261. The van der Waals surface area contributed by atoms with Crippen molar-refractivity contribution < 1.29 is 14.3 Å². The lowest BCUT2D eigenvalue weighted by atomic mass is 10.1. The van der Waals surface area contributed by atoms with Crippen molar-refractivity contribution in [3.05, 3.63) is 57.6 Å². The molecule has 0 fully saturated rings. The predicted octanol–water partition coefficient (Wildman–Crippen LogP) is 5.37. The highest BCUT2D eigenvalue weighted by Gasteiger charge is 2.08. The van der Waals surface area contributed by atoms with Crippen LogP contribution in [-0.2, 0) is 4.79 Å². The number of carbonyl (C=O) groups is 1. The maximum Gasteiger partial charge on any atom is 0.311 e. The number of para-hydroxylation sites is 1. The Morgan fingerprint density at radius 3 is 2.39 bits per heavy atom. The number of benzene rings is 2. The fraction of sp³-hybridized carbons (Fsp3) is 0.278. The van der Waals surface area contributed by atoms with Crippen LogP contribution in [0.15, 0.2) is 36.4 Å². The molecule has 0 unspecified atom stereocenters. The van der Waals surface area contributed by atoms with Gasteiger partial charge >= 0.3 is 5.97 Å². The first-order chi connectivity index (χ1) is 11.0. The first-order valence-corrected chi connectivity index (χ1v) is 8.07. The average Bonchev–Trinajstić information content (AvgIpc) is 2.51. The molecule has 122 valence electrons. The van der Waals surface area contributed by atoms with E-state index in [1.807, 2.05) is 26.0 Å². The molecule has 0 aliphatic rings. The van der Waals surface area contributed by atoms with Crippen LogP contribution in [-0.4, -0.2) is 12.6 Å². The van der Waals surface area contributed by atoms with Gasteiger partial charge in [-0.3, -0.25) is 4.79 Å². The number of carbonyl (C=O) groups excluding carboxylic acids is 1. The summed E-state index contributed by atoms with van der Waals surface area (Å²) in [6.45, 7) is 4.30. The second kappa shape index (κ2) is 8.23. The van der Waals surface area contributed by atoms with Gasteiger partial charge in [-0.1, -0.05) is 35.3 Å². The third-order valence-electron chi connectivity index (χ3n) is 3.26. The maximum atomic E-state index is 11.8. The van der Waals surface area contributed by atoms with Gasteiger partial charge in [-0.15, -0.1) is 0 Å². The molecule has 5 heteroatoms. The van der Waals surface area contributed by atoms with E-state index < -0.39 is 0 Å². The molecule has 0 aliphatic heterocycles. The Hall–Kier alpha value is -1.71. The number of esters is 1. The Labute approximate surface area is 146 Å². The van der Waals surface area contributed by atoms with Crippen LogP contribution in [0.5, 0.6) is 11.5 Å². The molecule has 3 nitrogen and oxygen atoms in total. The maximum absolute atomic E-state index is 11.8. The summed E-state index contributed by atoms with van der Waals surface area (Å²) in [5.41, 5.74) is 1.94. The Balaban J connectivity index is 1.77. The van der Waals surface area contributed by atoms with E-state index >= 15 is 0 Å². The molecular weight excluding hydrogens is 335 g/mol. The fourth-order valence-electron chi connectivity index (χ4n) is 2.10. The summed E-state index contributed by atoms with van der Waals surface area (Å²) >= 11 is 12.1. The van der Waals surface area contributed by atoms with E-state index in [1.165, 1.54) is 0 Å². The van der Waals surface area contributed by atoms with E-state index in [0.29, 0.717) is 23.8 Å². The van der Waals surface area contributed by atoms with Crippen molar-refractivity contribution in [3.8, 4) is 11.5 Å². The molecule has 0 saturated carbocycles. The van der Waals surface area contributed by atoms with Crippen LogP contribution in [0, 0.1) is 13.8 Å². The Bertz CT molecular complexity index is 675. The summed E-state index contributed by atoms with van der Waals surface area (Å²) in [5, 5.41) is 1.17. The van der Waals surface area contributed by atoms with Crippen LogP contribution >= 0.6 is 23.2 Å². The summed E-state index contributed by atoms with van der Waals surface area (Å²) in [6.07, 6.45) is 0.820. The van der Waals surface area contributed by atoms with Crippen LogP contribution < -0.4 is 9.47 Å². The SMILES string of the molecule is Cc1cc(OCCCC(=O)Oc2ccccc2Cl)cc(C)c1Cl. The van der Waals surface area contributed by atoms with Crippen LogP contribution in [0.25, 0.3) is 0 Å². The van der Waals surface area contributed by atoms with Crippen molar-refractivity contribution in [2.45, 2.75) is 26.7 Å². The molecule has 2 aromatic rings. The van der Waals surface area contributed by atoms with E-state index in [4.69, 9.17) is 32.7 Å². The number of hydrogen-bond donors (Lipinski definition) is 0. The van der Waals surface area contributed by atoms with Crippen molar-refractivity contribution >= 4 is 29.2 Å². The van der Waals surface area contributed by atoms with Gasteiger partial charge in [0.25, 0.3) is 0 Å². The zero-order chi connectivity index (χ0) is 16.8. The first-order valence-electron chi connectivity index (χ1n) is 7.32. The number of hydrogen-bond acceptors (Lipinski definition) is 3. The predicted molar refractivity (Wildman–Crippen MR) is 92.7 cm³/mol. The summed E-state index contributed by atoms with van der Waals surface area (Å²) < 4.78 is 10.9. The molecule has 0 amide bonds. The van der Waals surface area contributed by atoms with Crippen LogP contribution in [0.4, 0.5) is 0 Å². The first kappa shape index (κ1) is 17.6. The standard InChI is InChI=1S/C18H18Cl2O3/c1-12-10-14(11-13(2)18(12)20)22-9-5-8-17(21)23-16-7-4-3-6-15(16)19/h3-4,6-7,10-11H,5,8-9H2,1-2H3. The van der Waals surface area contributed by atoms with Crippen molar-refractivity contribution in [3.63, 3.8) is 0 Å². The Kier molecular flexibility index (Phi) is 6.31. The van der Waals surface area contributed by atoms with Gasteiger partial charge in [-0.2, -0.15) is 0 Å². The molecule has 0 radical (unpaired) electrons. The average molecular weight is 353 g/mol. The molecule has 0 N–H and O–H groups in total. The minimum Gasteiger partial charge on any atom is -0.494 e. The van der Waals surface area contributed by atoms with Gasteiger partial charge in [0.1, 0.15) is 11.5 Å². The lowest BCUT2D eigenvalue weighted by Crippen LogP contribution is -2.10. The van der Waals surface area contributed by atoms with E-state index in [-0.39, 0.29) is 12.4 Å². The quantitative estimate of drug-likeness (QED) is 0.398. The molecule has 0 heterocycles. The zero-order valence-corrected chi connectivity index (χ0v) is 14.6. The summed E-state index contributed by atoms with van der Waals surface area (Å²) in [5.74, 6) is 0.804. The largest absolute Gasteiger partial charge is 0.494 e. The Morgan fingerprint density at radius 1 is 1.09 bits per heavy atom. The highest BCUT2D eigenvalue weighted by molar-refractivity contribution is 6.32. The second-order valence-electron chi connectivity index (χ2n) is 5.23. The van der Waals surface area contributed by atoms with Gasteiger partial charge < -0.3 is 9.47 Å². The van der Waals surface area contributed by atoms with Crippen molar-refractivity contribution in [2.75, 3.05) is 6.61 Å². The molecule has 0 atom stereocenters. The topological polar surface area (TPSA) is 35.5 Å². The van der Waals surface area contributed by atoms with Crippen LogP contribution in [0.3, 0.4) is 0 Å². The zero-order valence-electron chi connectivity index (χ0n) is 13.1. The minimum atomic E-state index is -0.329. The number of ether oxygens (including phenoxy) is 2. The van der Waals surface area contributed by atoms with Gasteiger partial charge in [0, 0.05) is 11.4 Å². The van der Waals surface area contributed by atoms with Crippen molar-refractivity contribution in [2.24, 2.45) is 0 Å². The third kappa shape index (κ3) is 5.15. The fourth-order valence-corrected chi connectivity index (χ4v) is 2.38. The van der Waals surface area contributed by atoms with E-state index in [0.717, 1.165) is 21.9 Å². The molecular formula is C18H18Cl2O3. The van der Waals surface area contributed by atoms with Crippen LogP contribution in [0.1, 0.15) is 24.0 Å². The smallest absolute Gasteiger partial charge is 0.311 e. The number of aryl methyl sites for hydroxylation is 2. The third-order valence-corrected chi connectivity index (χ3v) is 4.17. The normalized spacial score (nSPS) is 10.4. The van der Waals surface area contributed by atoms with Gasteiger partial charge in [0.05, 0.1) is 11.6 Å². The van der Waals surface area contributed by atoms with E-state index in [9.17, 15) is 4.79 Å². The molecule has 2 aromatic carbocycles. The second-order valence-corrected chi connectivity index (χ2v) is 6.01. The Morgan fingerprint density at radius 2 is 1.74 bits per heavy atom. The van der Waals surface area contributed by atoms with Crippen molar-refractivity contribution in [1.29, 1.82) is 0 Å². The highest BCUT2D eigenvalue weighted by Crippen LogP contribution is 2.26. The molecule has 0 aliphatic carbocycles. The molecule has 0 bridgehead atoms. The van der Waals surface area contributed by atoms with Gasteiger partial charge in [-0.25, -0.2) is 0 Å². The summed E-state index contributed by atoms with van der Waals surface area (Å²) in [4.78, 5) is 11.8. The number of halogens is 2. The molecule has 2 rings (SSSR count). The summed E-state index contributed by atoms with van der Waals surface area (Å²) in [7, 11) is 0. The lowest BCUT2D eigenvalue weighted by Gasteiger charge is -2.10. The number of rotatable bonds is 6. The van der Waals surface area contributed by atoms with Crippen LogP contribution in [0.2, 0.25) is 10.0 Å². The monoisotopic (exact) mass is 352 g/mol. The highest BCUT2D eigenvalue weighted by atomic mass is 35.5. The lowest BCUT2D eigenvalue weighted by molar-refractivity contribution is -0.134.